The SMILES string of the molecule is CC=CC(=O)NC1CCC(CNC(=O)c2ccccc2OC)(c2ccccc2)CC1. The lowest BCUT2D eigenvalue weighted by atomic mass is 9.68. The van der Waals surface area contributed by atoms with E-state index in [2.05, 4.69) is 22.8 Å². The van der Waals surface area contributed by atoms with E-state index < -0.39 is 0 Å². The summed E-state index contributed by atoms with van der Waals surface area (Å²) in [7, 11) is 1.57. The third-order valence-electron chi connectivity index (χ3n) is 5.93. The maximum atomic E-state index is 12.9. The van der Waals surface area contributed by atoms with Crippen LogP contribution >= 0.6 is 0 Å². The number of hydrogen-bond acceptors (Lipinski definition) is 3. The zero-order valence-electron chi connectivity index (χ0n) is 17.7. The first-order chi connectivity index (χ1) is 14.6. The number of nitrogens with one attached hydrogen (secondary N) is 2. The van der Waals surface area contributed by atoms with Crippen LogP contribution < -0.4 is 15.4 Å². The smallest absolute Gasteiger partial charge is 0.255 e. The standard InChI is InChI=1S/C25H30N2O3/c1-3-9-23(28)27-20-14-16-25(17-15-20,19-10-5-4-6-11-19)18-26-24(29)21-12-7-8-13-22(21)30-2/h3-13,20H,14-18H2,1-2H3,(H,26,29)(H,27,28). The molecule has 2 aromatic carbocycles. The van der Waals surface area contributed by atoms with Gasteiger partial charge in [-0.1, -0.05) is 48.5 Å². The minimum absolute atomic E-state index is 0.0424. The quantitative estimate of drug-likeness (QED) is 0.683. The van der Waals surface area contributed by atoms with E-state index in [0.717, 1.165) is 25.7 Å². The Kier molecular flexibility index (Phi) is 7.28. The molecule has 0 radical (unpaired) electrons. The minimum Gasteiger partial charge on any atom is -0.496 e. The maximum absolute atomic E-state index is 12.9. The van der Waals surface area contributed by atoms with Crippen LogP contribution in [0.4, 0.5) is 0 Å². The Bertz CT molecular complexity index is 884. The third kappa shape index (κ3) is 5.09. The van der Waals surface area contributed by atoms with Gasteiger partial charge in [-0.3, -0.25) is 9.59 Å². The van der Waals surface area contributed by atoms with Crippen molar-refractivity contribution in [2.75, 3.05) is 13.7 Å². The number of methoxy groups -OCH3 is 1. The first-order valence-electron chi connectivity index (χ1n) is 10.5. The summed E-state index contributed by atoms with van der Waals surface area (Å²) in [5, 5.41) is 6.23. The molecule has 0 aromatic heterocycles. The highest BCUT2D eigenvalue weighted by Crippen LogP contribution is 2.39. The predicted molar refractivity (Wildman–Crippen MR) is 119 cm³/mol. The van der Waals surface area contributed by atoms with E-state index in [-0.39, 0.29) is 23.3 Å². The molecule has 0 heterocycles. The summed E-state index contributed by atoms with van der Waals surface area (Å²) < 4.78 is 5.33. The second-order valence-corrected chi connectivity index (χ2v) is 7.81. The van der Waals surface area contributed by atoms with Crippen LogP contribution in [0.1, 0.15) is 48.5 Å². The van der Waals surface area contributed by atoms with E-state index in [0.29, 0.717) is 17.9 Å². The minimum atomic E-state index is -0.152. The molecule has 0 spiro atoms. The lowest BCUT2D eigenvalue weighted by molar-refractivity contribution is -0.117. The van der Waals surface area contributed by atoms with Gasteiger partial charge >= 0.3 is 0 Å². The number of para-hydroxylation sites is 1. The van der Waals surface area contributed by atoms with E-state index in [1.807, 2.05) is 37.3 Å². The zero-order chi connectivity index (χ0) is 21.4. The average Bonchev–Trinajstić information content (AvgIpc) is 2.79. The summed E-state index contributed by atoms with van der Waals surface area (Å²) in [5.41, 5.74) is 1.61. The maximum Gasteiger partial charge on any atom is 0.255 e. The second kappa shape index (κ2) is 10.1. The number of carbonyl (C=O) groups excluding carboxylic acids is 2. The fraction of sp³-hybridized carbons (Fsp3) is 0.360. The molecule has 1 aliphatic rings. The molecule has 5 nitrogen and oxygen atoms in total. The van der Waals surface area contributed by atoms with Gasteiger partial charge in [-0.05, 0) is 56.4 Å². The second-order valence-electron chi connectivity index (χ2n) is 7.81. The largest absolute Gasteiger partial charge is 0.496 e. The van der Waals surface area contributed by atoms with E-state index in [1.165, 1.54) is 5.56 Å². The molecule has 2 N–H and O–H groups in total. The van der Waals surface area contributed by atoms with Crippen molar-refractivity contribution in [3.05, 3.63) is 77.9 Å². The predicted octanol–water partition coefficient (Wildman–Crippen LogP) is 4.00. The number of amides is 2. The molecule has 0 aliphatic heterocycles. The van der Waals surface area contributed by atoms with Crippen LogP contribution in [0.15, 0.2) is 66.7 Å². The van der Waals surface area contributed by atoms with Crippen molar-refractivity contribution in [3.8, 4) is 5.75 Å². The molecule has 0 bridgehead atoms. The van der Waals surface area contributed by atoms with Gasteiger partial charge in [0, 0.05) is 18.0 Å². The number of hydrogen-bond donors (Lipinski definition) is 2. The lowest BCUT2D eigenvalue weighted by Crippen LogP contribution is -2.47. The summed E-state index contributed by atoms with van der Waals surface area (Å²) >= 11 is 0. The molecule has 0 unspecified atom stereocenters. The van der Waals surface area contributed by atoms with Gasteiger partial charge in [0.1, 0.15) is 5.75 Å². The fourth-order valence-electron chi connectivity index (χ4n) is 4.25. The molecule has 158 valence electrons. The van der Waals surface area contributed by atoms with Gasteiger partial charge in [-0.15, -0.1) is 0 Å². The molecule has 0 saturated heterocycles. The fourth-order valence-corrected chi connectivity index (χ4v) is 4.25. The topological polar surface area (TPSA) is 67.4 Å². The summed E-state index contributed by atoms with van der Waals surface area (Å²) in [5.74, 6) is 0.393. The van der Waals surface area contributed by atoms with Crippen LogP contribution in [0.25, 0.3) is 0 Å². The Morgan fingerprint density at radius 2 is 1.73 bits per heavy atom. The summed E-state index contributed by atoms with van der Waals surface area (Å²) in [6, 6.07) is 17.8. The molecule has 30 heavy (non-hydrogen) atoms. The zero-order valence-corrected chi connectivity index (χ0v) is 17.7. The normalized spacial score (nSPS) is 21.2. The molecular weight excluding hydrogens is 376 g/mol. The molecule has 1 fully saturated rings. The summed E-state index contributed by atoms with van der Waals surface area (Å²) in [4.78, 5) is 24.8. The van der Waals surface area contributed by atoms with Crippen molar-refractivity contribution in [1.29, 1.82) is 0 Å². The van der Waals surface area contributed by atoms with Crippen molar-refractivity contribution >= 4 is 11.8 Å². The molecule has 2 amide bonds. The molecule has 3 rings (SSSR count). The highest BCUT2D eigenvalue weighted by atomic mass is 16.5. The Morgan fingerprint density at radius 1 is 1.07 bits per heavy atom. The molecule has 1 aliphatic carbocycles. The van der Waals surface area contributed by atoms with Gasteiger partial charge in [0.15, 0.2) is 0 Å². The number of ether oxygens (including phenoxy) is 1. The number of allylic oxidation sites excluding steroid dienone is 1. The van der Waals surface area contributed by atoms with Gasteiger partial charge in [0.2, 0.25) is 5.91 Å². The van der Waals surface area contributed by atoms with Crippen molar-refractivity contribution in [3.63, 3.8) is 0 Å². The van der Waals surface area contributed by atoms with Gasteiger partial charge < -0.3 is 15.4 Å². The third-order valence-corrected chi connectivity index (χ3v) is 5.93. The van der Waals surface area contributed by atoms with E-state index >= 15 is 0 Å². The highest BCUT2D eigenvalue weighted by Gasteiger charge is 2.37. The number of carbonyl (C=O) groups is 2. The highest BCUT2D eigenvalue weighted by molar-refractivity contribution is 5.97. The molecule has 0 atom stereocenters. The Hall–Kier alpha value is -3.08. The molecule has 1 saturated carbocycles. The summed E-state index contributed by atoms with van der Waals surface area (Å²) in [6.45, 7) is 2.38. The Labute approximate surface area is 178 Å². The first-order valence-corrected chi connectivity index (χ1v) is 10.5. The van der Waals surface area contributed by atoms with Gasteiger partial charge in [-0.2, -0.15) is 0 Å². The van der Waals surface area contributed by atoms with Crippen molar-refractivity contribution in [1.82, 2.24) is 10.6 Å². The number of rotatable bonds is 7. The van der Waals surface area contributed by atoms with Crippen LogP contribution in [0.2, 0.25) is 0 Å². The molecular formula is C25H30N2O3. The van der Waals surface area contributed by atoms with Crippen LogP contribution in [0.3, 0.4) is 0 Å². The van der Waals surface area contributed by atoms with E-state index in [9.17, 15) is 9.59 Å². The van der Waals surface area contributed by atoms with Gasteiger partial charge in [0.05, 0.1) is 12.7 Å². The molecule has 2 aromatic rings. The lowest BCUT2D eigenvalue weighted by Gasteiger charge is -2.41. The molecule has 5 heteroatoms. The van der Waals surface area contributed by atoms with Crippen LogP contribution in [0.5, 0.6) is 5.75 Å². The van der Waals surface area contributed by atoms with Crippen LogP contribution in [0, 0.1) is 0 Å². The number of benzene rings is 2. The van der Waals surface area contributed by atoms with Crippen LogP contribution in [-0.4, -0.2) is 31.5 Å². The van der Waals surface area contributed by atoms with Crippen molar-refractivity contribution in [2.45, 2.75) is 44.1 Å². The van der Waals surface area contributed by atoms with E-state index in [4.69, 9.17) is 4.74 Å². The van der Waals surface area contributed by atoms with Gasteiger partial charge in [-0.25, -0.2) is 0 Å². The Morgan fingerprint density at radius 3 is 2.40 bits per heavy atom. The van der Waals surface area contributed by atoms with Crippen LogP contribution in [-0.2, 0) is 10.2 Å². The monoisotopic (exact) mass is 406 g/mol. The Balaban J connectivity index is 1.73. The first kappa shape index (κ1) is 21.6. The van der Waals surface area contributed by atoms with Crippen molar-refractivity contribution < 1.29 is 14.3 Å². The van der Waals surface area contributed by atoms with E-state index in [1.54, 1.807) is 31.4 Å². The average molecular weight is 407 g/mol. The van der Waals surface area contributed by atoms with Crippen molar-refractivity contribution in [2.24, 2.45) is 0 Å². The summed E-state index contributed by atoms with van der Waals surface area (Å²) in [6.07, 6.45) is 6.85. The van der Waals surface area contributed by atoms with Gasteiger partial charge in [0.25, 0.3) is 5.91 Å².